The van der Waals surface area contributed by atoms with Crippen molar-refractivity contribution in [3.63, 3.8) is 0 Å². The van der Waals surface area contributed by atoms with Crippen LogP contribution in [0.5, 0.6) is 0 Å². The molecule has 214 valence electrons. The number of rotatable bonds is 23. The van der Waals surface area contributed by atoms with Crippen molar-refractivity contribution in [2.45, 2.75) is 149 Å². The number of unbranched alkanes of at least 4 members (excludes halogenated alkanes) is 16. The first-order valence-electron chi connectivity index (χ1n) is 14.9. The van der Waals surface area contributed by atoms with E-state index in [4.69, 9.17) is 14.2 Å². The van der Waals surface area contributed by atoms with Crippen LogP contribution in [-0.4, -0.2) is 30.0 Å². The molecule has 0 aliphatic heterocycles. The Bertz CT molecular complexity index is 721. The largest absolute Gasteiger partial charge is 0.511 e. The third-order valence-electron chi connectivity index (χ3n) is 6.65. The van der Waals surface area contributed by atoms with Crippen LogP contribution in [0.3, 0.4) is 0 Å². The van der Waals surface area contributed by atoms with Crippen molar-refractivity contribution >= 4 is 12.1 Å². The van der Waals surface area contributed by atoms with Crippen LogP contribution in [0.2, 0.25) is 0 Å². The predicted octanol–water partition coefficient (Wildman–Crippen LogP) is 9.41. The lowest BCUT2D eigenvalue weighted by atomic mass is 10.0. The number of carbonyl (C=O) groups is 2. The lowest BCUT2D eigenvalue weighted by molar-refractivity contribution is -0.0825. The van der Waals surface area contributed by atoms with Gasteiger partial charge >= 0.3 is 12.1 Å². The Labute approximate surface area is 224 Å². The molecule has 37 heavy (non-hydrogen) atoms. The van der Waals surface area contributed by atoms with Crippen LogP contribution in [-0.2, 0) is 20.6 Å². The Hall–Kier alpha value is -2.05. The number of ether oxygens (including phenoxy) is 3. The Morgan fingerprint density at radius 1 is 0.757 bits per heavy atom. The highest BCUT2D eigenvalue weighted by molar-refractivity contribution is 5.88. The van der Waals surface area contributed by atoms with Crippen molar-refractivity contribution in [1.29, 1.82) is 0 Å². The van der Waals surface area contributed by atoms with Crippen LogP contribution in [0.25, 0.3) is 0 Å². The third kappa shape index (κ3) is 16.4. The minimum Gasteiger partial charge on any atom is -0.434 e. The number of esters is 1. The molecular weight excluding hydrogens is 473 g/mol. The molecule has 1 heterocycles. The molecule has 1 N–H and O–H groups in total. The number of aromatic amines is 1. The molecule has 1 aromatic heterocycles. The zero-order valence-electron chi connectivity index (χ0n) is 23.7. The number of halogens is 1. The van der Waals surface area contributed by atoms with E-state index in [1.165, 1.54) is 90.2 Å². The van der Waals surface area contributed by atoms with Gasteiger partial charge in [-0.05, 0) is 19.3 Å². The molecule has 0 amide bonds. The van der Waals surface area contributed by atoms with Gasteiger partial charge in [-0.25, -0.2) is 14.0 Å². The van der Waals surface area contributed by atoms with E-state index in [1.807, 2.05) is 0 Å². The second kappa shape index (κ2) is 22.0. The first-order chi connectivity index (χ1) is 18.0. The molecule has 0 radical (unpaired) electrons. The monoisotopic (exact) mass is 525 g/mol. The molecule has 0 saturated carbocycles. The minimum absolute atomic E-state index is 0.245. The van der Waals surface area contributed by atoms with Crippen molar-refractivity contribution < 1.29 is 28.2 Å². The van der Waals surface area contributed by atoms with Crippen LogP contribution >= 0.6 is 0 Å². The second-order valence-electron chi connectivity index (χ2n) is 10.1. The average molecular weight is 526 g/mol. The maximum absolute atomic E-state index is 14.7. The summed E-state index contributed by atoms with van der Waals surface area (Å²) in [4.78, 5) is 26.8. The van der Waals surface area contributed by atoms with Crippen molar-refractivity contribution in [2.75, 3.05) is 6.61 Å². The molecule has 0 aliphatic rings. The van der Waals surface area contributed by atoms with Gasteiger partial charge in [0.25, 0.3) is 0 Å². The third-order valence-corrected chi connectivity index (χ3v) is 6.65. The van der Waals surface area contributed by atoms with E-state index in [0.717, 1.165) is 38.5 Å². The number of hydrogen-bond donors (Lipinski definition) is 1. The fraction of sp³-hybridized carbons (Fsp3) is 0.800. The van der Waals surface area contributed by atoms with Gasteiger partial charge in [0.15, 0.2) is 11.5 Å². The van der Waals surface area contributed by atoms with Gasteiger partial charge in [-0.1, -0.05) is 117 Å². The number of aryl methyl sites for hydroxylation is 1. The zero-order valence-corrected chi connectivity index (χ0v) is 23.7. The molecule has 0 aromatic carbocycles. The maximum atomic E-state index is 14.7. The Balaban J connectivity index is 2.16. The van der Waals surface area contributed by atoms with E-state index in [2.05, 4.69) is 18.8 Å². The second-order valence-corrected chi connectivity index (χ2v) is 10.1. The summed E-state index contributed by atoms with van der Waals surface area (Å²) in [5.41, 5.74) is 0.232. The van der Waals surface area contributed by atoms with Crippen molar-refractivity contribution in [1.82, 2.24) is 4.98 Å². The van der Waals surface area contributed by atoms with E-state index in [-0.39, 0.29) is 12.3 Å². The Morgan fingerprint density at radius 3 is 1.78 bits per heavy atom. The van der Waals surface area contributed by atoms with Gasteiger partial charge in [-0.2, -0.15) is 0 Å². The fourth-order valence-electron chi connectivity index (χ4n) is 4.37. The number of hydrogen-bond acceptors (Lipinski definition) is 5. The van der Waals surface area contributed by atoms with Crippen LogP contribution in [0, 0.1) is 5.82 Å². The average Bonchev–Trinajstić information content (AvgIpc) is 3.24. The van der Waals surface area contributed by atoms with Gasteiger partial charge < -0.3 is 19.2 Å². The topological polar surface area (TPSA) is 77.6 Å². The zero-order chi connectivity index (χ0) is 27.1. The molecule has 1 unspecified atom stereocenters. The molecule has 1 atom stereocenters. The van der Waals surface area contributed by atoms with E-state index >= 15 is 0 Å². The summed E-state index contributed by atoms with van der Waals surface area (Å²) in [5.74, 6) is -1.49. The molecule has 0 bridgehead atoms. The van der Waals surface area contributed by atoms with Gasteiger partial charge in [0.2, 0.25) is 6.29 Å². The lowest BCUT2D eigenvalue weighted by Crippen LogP contribution is -2.23. The van der Waals surface area contributed by atoms with Crippen molar-refractivity contribution in [3.8, 4) is 0 Å². The van der Waals surface area contributed by atoms with Gasteiger partial charge in [-0.3, -0.25) is 0 Å². The van der Waals surface area contributed by atoms with Gasteiger partial charge in [-0.15, -0.1) is 0 Å². The van der Waals surface area contributed by atoms with E-state index in [1.54, 1.807) is 0 Å². The van der Waals surface area contributed by atoms with Crippen molar-refractivity contribution in [2.24, 2.45) is 0 Å². The first kappa shape index (κ1) is 33.0. The molecule has 7 heteroatoms. The molecule has 0 spiro atoms. The quantitative estimate of drug-likeness (QED) is 0.0874. The van der Waals surface area contributed by atoms with Gasteiger partial charge in [0, 0.05) is 18.7 Å². The standard InChI is InChI=1S/C30H52FNO5/c1-4-6-8-10-12-13-14-15-16-18-20-22-26-24-32-28(27(26)31)29(33)36-25(3)37-30(34)35-23-21-19-17-11-9-7-5-2/h24-25,32H,4-23H2,1-3H3. The van der Waals surface area contributed by atoms with Crippen molar-refractivity contribution in [3.05, 3.63) is 23.3 Å². The summed E-state index contributed by atoms with van der Waals surface area (Å²) < 4.78 is 29.7. The highest BCUT2D eigenvalue weighted by atomic mass is 19.1. The molecule has 0 saturated heterocycles. The minimum atomic E-state index is -1.17. The summed E-state index contributed by atoms with van der Waals surface area (Å²) >= 11 is 0. The van der Waals surface area contributed by atoms with E-state index in [0.29, 0.717) is 12.0 Å². The summed E-state index contributed by atoms with van der Waals surface area (Å²) in [7, 11) is 0. The number of carbonyl (C=O) groups excluding carboxylic acids is 2. The molecular formula is C30H52FNO5. The predicted molar refractivity (Wildman–Crippen MR) is 146 cm³/mol. The number of nitrogens with one attached hydrogen (secondary N) is 1. The number of aromatic nitrogens is 1. The highest BCUT2D eigenvalue weighted by Gasteiger charge is 2.22. The molecule has 0 aliphatic carbocycles. The summed E-state index contributed by atoms with van der Waals surface area (Å²) in [6, 6.07) is 0. The molecule has 6 nitrogen and oxygen atoms in total. The van der Waals surface area contributed by atoms with E-state index < -0.39 is 24.2 Å². The summed E-state index contributed by atoms with van der Waals surface area (Å²) in [6.45, 7) is 6.09. The Kier molecular flexibility index (Phi) is 19.6. The smallest absolute Gasteiger partial charge is 0.434 e. The Morgan fingerprint density at radius 2 is 1.24 bits per heavy atom. The first-order valence-corrected chi connectivity index (χ1v) is 14.9. The normalized spacial score (nSPS) is 11.9. The van der Waals surface area contributed by atoms with E-state index in [9.17, 15) is 14.0 Å². The SMILES string of the molecule is CCCCCCCCCCCCCc1c[nH]c(C(=O)OC(C)OC(=O)OCCCCCCCCC)c1F. The summed E-state index contributed by atoms with van der Waals surface area (Å²) in [6.07, 6.45) is 21.4. The maximum Gasteiger partial charge on any atom is 0.511 e. The van der Waals surface area contributed by atoms with Crippen LogP contribution in [0.1, 0.15) is 152 Å². The van der Waals surface area contributed by atoms with Gasteiger partial charge in [0.1, 0.15) is 0 Å². The molecule has 1 rings (SSSR count). The van der Waals surface area contributed by atoms with Crippen LogP contribution < -0.4 is 0 Å². The molecule has 1 aromatic rings. The highest BCUT2D eigenvalue weighted by Crippen LogP contribution is 2.18. The van der Waals surface area contributed by atoms with Crippen LogP contribution in [0.4, 0.5) is 9.18 Å². The summed E-state index contributed by atoms with van der Waals surface area (Å²) in [5, 5.41) is 0. The number of H-pyrrole nitrogens is 1. The lowest BCUT2D eigenvalue weighted by Gasteiger charge is -2.13. The fourth-order valence-corrected chi connectivity index (χ4v) is 4.37. The molecule has 0 fully saturated rings. The van der Waals surface area contributed by atoms with Crippen LogP contribution in [0.15, 0.2) is 6.20 Å². The van der Waals surface area contributed by atoms with Gasteiger partial charge in [0.05, 0.1) is 6.61 Å².